The van der Waals surface area contributed by atoms with E-state index in [1.807, 2.05) is 24.3 Å². The quantitative estimate of drug-likeness (QED) is 0.509. The summed E-state index contributed by atoms with van der Waals surface area (Å²) in [6, 6.07) is 7.62. The van der Waals surface area contributed by atoms with Crippen molar-refractivity contribution in [1.29, 1.82) is 0 Å². The minimum absolute atomic E-state index is 0.533. The van der Waals surface area contributed by atoms with E-state index >= 15 is 0 Å². The summed E-state index contributed by atoms with van der Waals surface area (Å²) in [5, 5.41) is 15.2. The third-order valence-corrected chi connectivity index (χ3v) is 2.55. The van der Waals surface area contributed by atoms with Crippen LogP contribution in [-0.4, -0.2) is 15.3 Å². The van der Waals surface area contributed by atoms with Gasteiger partial charge >= 0.3 is 0 Å². The molecule has 0 spiro atoms. The van der Waals surface area contributed by atoms with Crippen molar-refractivity contribution in [3.05, 3.63) is 42.5 Å². The van der Waals surface area contributed by atoms with Gasteiger partial charge in [0.15, 0.2) is 0 Å². The van der Waals surface area contributed by atoms with Crippen LogP contribution in [-0.2, 0) is 0 Å². The topological polar surface area (TPSA) is 63.0 Å². The molecule has 0 aliphatic rings. The van der Waals surface area contributed by atoms with E-state index in [0.717, 1.165) is 21.1 Å². The molecule has 3 rings (SSSR count). The molecule has 3 aromatic rings. The summed E-state index contributed by atoms with van der Waals surface area (Å²) in [4.78, 5) is 4.16. The van der Waals surface area contributed by atoms with Crippen LogP contribution in [0.5, 0.6) is 0 Å². The zero-order chi connectivity index (χ0) is 11.8. The summed E-state index contributed by atoms with van der Waals surface area (Å²) in [5.41, 5.74) is 0.862. The Balaban J connectivity index is 2.18. The molecule has 2 aromatic heterocycles. The number of nitrogens with zero attached hydrogens (tertiary/aromatic N) is 3. The predicted octanol–water partition coefficient (Wildman–Crippen LogP) is 1.72. The SMILES string of the molecule is Cc1nc(-c2ccc3cc[n+](O)cc3c2)no1. The molecule has 0 amide bonds. The minimum atomic E-state index is 0.533. The average molecular weight is 228 g/mol. The number of rotatable bonds is 1. The molecule has 84 valence electrons. The van der Waals surface area contributed by atoms with Crippen LogP contribution in [0.2, 0.25) is 0 Å². The van der Waals surface area contributed by atoms with Gasteiger partial charge in [-0.25, -0.2) is 0 Å². The second-order valence-corrected chi connectivity index (χ2v) is 3.81. The van der Waals surface area contributed by atoms with Gasteiger partial charge in [-0.1, -0.05) is 17.3 Å². The lowest BCUT2D eigenvalue weighted by Gasteiger charge is -1.97. The molecule has 2 heterocycles. The van der Waals surface area contributed by atoms with Crippen molar-refractivity contribution in [2.75, 3.05) is 0 Å². The lowest BCUT2D eigenvalue weighted by atomic mass is 10.1. The van der Waals surface area contributed by atoms with Crippen molar-refractivity contribution < 1.29 is 14.5 Å². The Morgan fingerprint density at radius 1 is 1.24 bits per heavy atom. The molecule has 0 saturated heterocycles. The molecule has 1 N–H and O–H groups in total. The summed E-state index contributed by atoms with van der Waals surface area (Å²) in [6.07, 6.45) is 3.21. The second-order valence-electron chi connectivity index (χ2n) is 3.81. The number of aryl methyl sites for hydroxylation is 1. The van der Waals surface area contributed by atoms with Crippen LogP contribution in [0.4, 0.5) is 0 Å². The van der Waals surface area contributed by atoms with Gasteiger partial charge in [-0.15, -0.1) is 0 Å². The monoisotopic (exact) mass is 228 g/mol. The Hall–Kier alpha value is -2.43. The molecular weight excluding hydrogens is 218 g/mol. The highest BCUT2D eigenvalue weighted by Crippen LogP contribution is 2.21. The maximum atomic E-state index is 9.36. The molecule has 0 aliphatic heterocycles. The molecule has 0 saturated carbocycles. The van der Waals surface area contributed by atoms with Gasteiger partial charge in [0.1, 0.15) is 0 Å². The smallest absolute Gasteiger partial charge is 0.230 e. The van der Waals surface area contributed by atoms with Crippen molar-refractivity contribution in [2.24, 2.45) is 0 Å². The molecule has 5 heteroatoms. The van der Waals surface area contributed by atoms with Crippen molar-refractivity contribution in [1.82, 2.24) is 10.1 Å². The molecule has 0 aliphatic carbocycles. The third kappa shape index (κ3) is 1.71. The number of hydrogen-bond acceptors (Lipinski definition) is 4. The van der Waals surface area contributed by atoms with Gasteiger partial charge in [0.2, 0.25) is 24.1 Å². The van der Waals surface area contributed by atoms with Crippen LogP contribution in [0.15, 0.2) is 41.2 Å². The van der Waals surface area contributed by atoms with Crippen LogP contribution in [0.25, 0.3) is 22.2 Å². The highest BCUT2D eigenvalue weighted by Gasteiger charge is 2.08. The Morgan fingerprint density at radius 2 is 2.12 bits per heavy atom. The summed E-state index contributed by atoms with van der Waals surface area (Å²) in [5.74, 6) is 1.09. The lowest BCUT2D eigenvalue weighted by Crippen LogP contribution is -2.27. The van der Waals surface area contributed by atoms with Gasteiger partial charge < -0.3 is 4.52 Å². The standard InChI is InChI=1S/C12H10N3O2/c1-8-13-12(14-17-8)10-3-2-9-4-5-15(16)7-11(9)6-10/h2-7,16H,1H3/q+1. The molecule has 5 nitrogen and oxygen atoms in total. The Labute approximate surface area is 96.9 Å². The maximum absolute atomic E-state index is 9.36. The fraction of sp³-hybridized carbons (Fsp3) is 0.0833. The third-order valence-electron chi connectivity index (χ3n) is 2.55. The van der Waals surface area contributed by atoms with Gasteiger partial charge in [0, 0.05) is 23.3 Å². The molecular formula is C12H10N3O2+. The average Bonchev–Trinajstić information content (AvgIpc) is 2.75. The molecule has 0 fully saturated rings. The predicted molar refractivity (Wildman–Crippen MR) is 59.4 cm³/mol. The number of fused-ring (bicyclic) bond motifs is 1. The zero-order valence-electron chi connectivity index (χ0n) is 9.16. The fourth-order valence-electron chi connectivity index (χ4n) is 1.74. The van der Waals surface area contributed by atoms with Crippen molar-refractivity contribution in [2.45, 2.75) is 6.92 Å². The van der Waals surface area contributed by atoms with E-state index < -0.39 is 0 Å². The van der Waals surface area contributed by atoms with E-state index in [4.69, 9.17) is 4.52 Å². The number of aromatic nitrogens is 3. The van der Waals surface area contributed by atoms with Gasteiger partial charge in [-0.3, -0.25) is 5.21 Å². The number of benzene rings is 1. The summed E-state index contributed by atoms with van der Waals surface area (Å²) in [6.45, 7) is 1.75. The molecule has 17 heavy (non-hydrogen) atoms. The van der Waals surface area contributed by atoms with Gasteiger partial charge in [0.25, 0.3) is 0 Å². The second kappa shape index (κ2) is 3.55. The first kappa shape index (κ1) is 9.77. The van der Waals surface area contributed by atoms with Gasteiger partial charge in [-0.2, -0.15) is 4.98 Å². The van der Waals surface area contributed by atoms with Crippen molar-refractivity contribution in [3.63, 3.8) is 0 Å². The van der Waals surface area contributed by atoms with Crippen LogP contribution in [0, 0.1) is 6.92 Å². The highest BCUT2D eigenvalue weighted by molar-refractivity contribution is 5.84. The van der Waals surface area contributed by atoms with E-state index in [0.29, 0.717) is 11.7 Å². The molecule has 0 unspecified atom stereocenters. The summed E-state index contributed by atoms with van der Waals surface area (Å²) < 4.78 is 5.96. The van der Waals surface area contributed by atoms with Crippen molar-refractivity contribution in [3.8, 4) is 11.4 Å². The van der Waals surface area contributed by atoms with Crippen LogP contribution < -0.4 is 4.73 Å². The summed E-state index contributed by atoms with van der Waals surface area (Å²) >= 11 is 0. The maximum Gasteiger partial charge on any atom is 0.230 e. The lowest BCUT2D eigenvalue weighted by molar-refractivity contribution is -0.903. The Bertz CT molecular complexity index is 691. The van der Waals surface area contributed by atoms with E-state index in [1.165, 1.54) is 0 Å². The first-order chi connectivity index (χ1) is 8.22. The molecule has 0 bridgehead atoms. The van der Waals surface area contributed by atoms with Crippen LogP contribution >= 0.6 is 0 Å². The minimum Gasteiger partial charge on any atom is -0.339 e. The zero-order valence-corrected chi connectivity index (χ0v) is 9.16. The molecule has 1 aromatic carbocycles. The fourth-order valence-corrected chi connectivity index (χ4v) is 1.74. The normalized spacial score (nSPS) is 10.9. The summed E-state index contributed by atoms with van der Waals surface area (Å²) in [7, 11) is 0. The van der Waals surface area contributed by atoms with Crippen LogP contribution in [0.1, 0.15) is 5.89 Å². The number of hydrogen-bond donors (Lipinski definition) is 1. The number of pyridine rings is 1. The van der Waals surface area contributed by atoms with Gasteiger partial charge in [-0.05, 0) is 11.5 Å². The van der Waals surface area contributed by atoms with E-state index in [1.54, 1.807) is 19.3 Å². The van der Waals surface area contributed by atoms with Crippen LogP contribution in [0.3, 0.4) is 0 Å². The Morgan fingerprint density at radius 3 is 2.88 bits per heavy atom. The largest absolute Gasteiger partial charge is 0.339 e. The first-order valence-electron chi connectivity index (χ1n) is 5.17. The van der Waals surface area contributed by atoms with E-state index in [9.17, 15) is 5.21 Å². The first-order valence-corrected chi connectivity index (χ1v) is 5.17. The molecule has 0 atom stereocenters. The van der Waals surface area contributed by atoms with Crippen molar-refractivity contribution >= 4 is 10.8 Å². The Kier molecular flexibility index (Phi) is 2.04. The van der Waals surface area contributed by atoms with E-state index in [-0.39, 0.29) is 0 Å². The van der Waals surface area contributed by atoms with Gasteiger partial charge in [0.05, 0.1) is 5.39 Å². The molecule has 0 radical (unpaired) electrons. The highest BCUT2D eigenvalue weighted by atomic mass is 16.5. The van der Waals surface area contributed by atoms with E-state index in [2.05, 4.69) is 10.1 Å².